The molecule has 0 aliphatic carbocycles. The summed E-state index contributed by atoms with van der Waals surface area (Å²) in [5.41, 5.74) is 9.44. The zero-order valence-corrected chi connectivity index (χ0v) is 10.8. The normalized spacial score (nSPS) is 10.7. The van der Waals surface area contributed by atoms with Crippen LogP contribution >= 0.6 is 11.3 Å². The standard InChI is InChI=1S/C14H17NOS/c1-16-7-6-11-2-4-12(5-3-11)13-8-14(9-15)17-10-13/h2-5,8,10H,6-7,9,15H2,1H3. The second-order valence-electron chi connectivity index (χ2n) is 3.95. The minimum absolute atomic E-state index is 0.622. The van der Waals surface area contributed by atoms with Crippen LogP contribution in [0.15, 0.2) is 35.7 Å². The van der Waals surface area contributed by atoms with Gasteiger partial charge in [-0.05, 0) is 34.6 Å². The van der Waals surface area contributed by atoms with E-state index in [1.54, 1.807) is 18.4 Å². The van der Waals surface area contributed by atoms with E-state index in [1.807, 2.05) is 0 Å². The molecule has 1 aromatic carbocycles. The lowest BCUT2D eigenvalue weighted by Gasteiger charge is -2.02. The Morgan fingerprint density at radius 2 is 1.94 bits per heavy atom. The first-order valence-corrected chi connectivity index (χ1v) is 6.57. The van der Waals surface area contributed by atoms with Gasteiger partial charge in [-0.25, -0.2) is 0 Å². The maximum absolute atomic E-state index is 5.62. The summed E-state index contributed by atoms with van der Waals surface area (Å²) in [7, 11) is 1.73. The Balaban J connectivity index is 2.11. The second-order valence-corrected chi connectivity index (χ2v) is 4.94. The number of nitrogens with two attached hydrogens (primary N) is 1. The summed E-state index contributed by atoms with van der Waals surface area (Å²) in [4.78, 5) is 1.23. The molecule has 2 aromatic rings. The Kier molecular flexibility index (Phi) is 4.31. The minimum Gasteiger partial charge on any atom is -0.384 e. The van der Waals surface area contributed by atoms with E-state index in [1.165, 1.54) is 21.6 Å². The third kappa shape index (κ3) is 3.16. The van der Waals surface area contributed by atoms with Gasteiger partial charge in [-0.3, -0.25) is 0 Å². The number of ether oxygens (including phenoxy) is 1. The maximum Gasteiger partial charge on any atom is 0.0502 e. The van der Waals surface area contributed by atoms with Crippen LogP contribution in [0.4, 0.5) is 0 Å². The number of thiophene rings is 1. The predicted molar refractivity (Wildman–Crippen MR) is 73.2 cm³/mol. The topological polar surface area (TPSA) is 35.2 Å². The lowest BCUT2D eigenvalue weighted by atomic mass is 10.1. The zero-order chi connectivity index (χ0) is 12.1. The van der Waals surface area contributed by atoms with Crippen LogP contribution in [0.5, 0.6) is 0 Å². The molecule has 2 N–H and O–H groups in total. The Morgan fingerprint density at radius 1 is 1.18 bits per heavy atom. The van der Waals surface area contributed by atoms with E-state index < -0.39 is 0 Å². The average Bonchev–Trinajstić information content (AvgIpc) is 2.86. The van der Waals surface area contributed by atoms with Crippen molar-refractivity contribution in [2.75, 3.05) is 13.7 Å². The van der Waals surface area contributed by atoms with Gasteiger partial charge in [0.1, 0.15) is 0 Å². The van der Waals surface area contributed by atoms with Crippen LogP contribution in [-0.2, 0) is 17.7 Å². The van der Waals surface area contributed by atoms with Gasteiger partial charge >= 0.3 is 0 Å². The summed E-state index contributed by atoms with van der Waals surface area (Å²) < 4.78 is 5.07. The summed E-state index contributed by atoms with van der Waals surface area (Å²) in [6, 6.07) is 10.8. The molecule has 0 unspecified atom stereocenters. The summed E-state index contributed by atoms with van der Waals surface area (Å²) in [6.45, 7) is 1.39. The molecular weight excluding hydrogens is 230 g/mol. The highest BCUT2D eigenvalue weighted by atomic mass is 32.1. The Labute approximate surface area is 106 Å². The number of rotatable bonds is 5. The van der Waals surface area contributed by atoms with Crippen LogP contribution in [0.2, 0.25) is 0 Å². The summed E-state index contributed by atoms with van der Waals surface area (Å²) in [6.07, 6.45) is 0.967. The van der Waals surface area contributed by atoms with Gasteiger partial charge in [0.15, 0.2) is 0 Å². The van der Waals surface area contributed by atoms with Crippen molar-refractivity contribution in [2.24, 2.45) is 5.73 Å². The fourth-order valence-corrected chi connectivity index (χ4v) is 2.50. The van der Waals surface area contributed by atoms with Crippen LogP contribution in [0.3, 0.4) is 0 Å². The van der Waals surface area contributed by atoms with Crippen molar-refractivity contribution in [3.05, 3.63) is 46.2 Å². The SMILES string of the molecule is COCCc1ccc(-c2csc(CN)c2)cc1. The van der Waals surface area contributed by atoms with Crippen molar-refractivity contribution in [1.82, 2.24) is 0 Å². The first-order chi connectivity index (χ1) is 8.33. The van der Waals surface area contributed by atoms with E-state index in [9.17, 15) is 0 Å². The van der Waals surface area contributed by atoms with Crippen LogP contribution in [0.25, 0.3) is 11.1 Å². The van der Waals surface area contributed by atoms with Crippen LogP contribution < -0.4 is 5.73 Å². The molecule has 0 bridgehead atoms. The molecule has 0 radical (unpaired) electrons. The summed E-state index contributed by atoms with van der Waals surface area (Å²) in [5.74, 6) is 0. The smallest absolute Gasteiger partial charge is 0.0502 e. The third-order valence-electron chi connectivity index (χ3n) is 2.74. The van der Waals surface area contributed by atoms with Crippen molar-refractivity contribution >= 4 is 11.3 Å². The minimum atomic E-state index is 0.622. The molecule has 0 saturated carbocycles. The number of hydrogen-bond acceptors (Lipinski definition) is 3. The largest absolute Gasteiger partial charge is 0.384 e. The molecule has 17 heavy (non-hydrogen) atoms. The van der Waals surface area contributed by atoms with E-state index in [4.69, 9.17) is 10.5 Å². The number of benzene rings is 1. The molecule has 3 heteroatoms. The fourth-order valence-electron chi connectivity index (χ4n) is 1.72. The summed E-state index contributed by atoms with van der Waals surface area (Å²) in [5, 5.41) is 2.16. The van der Waals surface area contributed by atoms with Gasteiger partial charge in [0, 0.05) is 18.5 Å². The summed E-state index contributed by atoms with van der Waals surface area (Å²) >= 11 is 1.72. The van der Waals surface area contributed by atoms with Crippen molar-refractivity contribution in [3.8, 4) is 11.1 Å². The molecule has 0 saturated heterocycles. The maximum atomic E-state index is 5.62. The van der Waals surface area contributed by atoms with Gasteiger partial charge < -0.3 is 10.5 Å². The van der Waals surface area contributed by atoms with E-state index in [0.29, 0.717) is 6.54 Å². The lowest BCUT2D eigenvalue weighted by molar-refractivity contribution is 0.202. The average molecular weight is 247 g/mol. The number of hydrogen-bond donors (Lipinski definition) is 1. The highest BCUT2D eigenvalue weighted by molar-refractivity contribution is 7.10. The van der Waals surface area contributed by atoms with Crippen molar-refractivity contribution in [3.63, 3.8) is 0 Å². The van der Waals surface area contributed by atoms with E-state index in [0.717, 1.165) is 13.0 Å². The quantitative estimate of drug-likeness (QED) is 0.881. The van der Waals surface area contributed by atoms with Gasteiger partial charge in [0.25, 0.3) is 0 Å². The molecule has 2 rings (SSSR count). The molecule has 0 spiro atoms. The van der Waals surface area contributed by atoms with Crippen molar-refractivity contribution in [1.29, 1.82) is 0 Å². The first kappa shape index (κ1) is 12.3. The van der Waals surface area contributed by atoms with Gasteiger partial charge in [0.05, 0.1) is 6.61 Å². The Morgan fingerprint density at radius 3 is 2.53 bits per heavy atom. The number of methoxy groups -OCH3 is 1. The van der Waals surface area contributed by atoms with E-state index in [2.05, 4.69) is 35.7 Å². The van der Waals surface area contributed by atoms with Gasteiger partial charge in [-0.2, -0.15) is 0 Å². The molecule has 0 aliphatic rings. The van der Waals surface area contributed by atoms with Crippen LogP contribution in [-0.4, -0.2) is 13.7 Å². The molecule has 0 fully saturated rings. The van der Waals surface area contributed by atoms with Crippen molar-refractivity contribution < 1.29 is 4.74 Å². The van der Waals surface area contributed by atoms with E-state index >= 15 is 0 Å². The van der Waals surface area contributed by atoms with Crippen LogP contribution in [0.1, 0.15) is 10.4 Å². The Hall–Kier alpha value is -1.16. The molecule has 0 amide bonds. The van der Waals surface area contributed by atoms with Crippen LogP contribution in [0, 0.1) is 0 Å². The first-order valence-electron chi connectivity index (χ1n) is 5.69. The fraction of sp³-hybridized carbons (Fsp3) is 0.286. The zero-order valence-electron chi connectivity index (χ0n) is 9.98. The monoisotopic (exact) mass is 247 g/mol. The molecule has 0 atom stereocenters. The Bertz CT molecular complexity index is 461. The molecule has 1 heterocycles. The highest BCUT2D eigenvalue weighted by Gasteiger charge is 2.01. The van der Waals surface area contributed by atoms with Gasteiger partial charge in [-0.1, -0.05) is 24.3 Å². The second kappa shape index (κ2) is 5.96. The van der Waals surface area contributed by atoms with Gasteiger partial charge in [-0.15, -0.1) is 11.3 Å². The van der Waals surface area contributed by atoms with Gasteiger partial charge in [0.2, 0.25) is 0 Å². The molecule has 90 valence electrons. The third-order valence-corrected chi connectivity index (χ3v) is 3.70. The molecular formula is C14H17NOS. The van der Waals surface area contributed by atoms with E-state index in [-0.39, 0.29) is 0 Å². The molecule has 2 nitrogen and oxygen atoms in total. The lowest BCUT2D eigenvalue weighted by Crippen LogP contribution is -1.93. The van der Waals surface area contributed by atoms with Crippen molar-refractivity contribution in [2.45, 2.75) is 13.0 Å². The predicted octanol–water partition coefficient (Wildman–Crippen LogP) is 3.06. The molecule has 0 aliphatic heterocycles. The highest BCUT2D eigenvalue weighted by Crippen LogP contribution is 2.25. The molecule has 1 aromatic heterocycles.